The molecule has 13 heavy (non-hydrogen) atoms. The summed E-state index contributed by atoms with van der Waals surface area (Å²) >= 11 is 0. The second-order valence-corrected chi connectivity index (χ2v) is 2.68. The van der Waals surface area contributed by atoms with Crippen LogP contribution in [0.2, 0.25) is 0 Å². The molecule has 13 heteroatoms. The third-order valence-electron chi connectivity index (χ3n) is 0. The van der Waals surface area contributed by atoms with Crippen LogP contribution in [0.25, 0.3) is 0 Å². The smallest absolute Gasteiger partial charge is 0.822 e. The molecular weight excluding hydrogens is 277 g/mol. The minimum absolute atomic E-state index is 0. The van der Waals surface area contributed by atoms with Gasteiger partial charge in [0.1, 0.15) is 0 Å². The molecule has 1 radical (unpaired) electrons. The van der Waals surface area contributed by atoms with Crippen LogP contribution in [0, 0.1) is 0 Å². The Labute approximate surface area is 112 Å². The van der Waals surface area contributed by atoms with E-state index in [1.165, 1.54) is 0 Å². The number of hydrogen-bond acceptors (Lipinski definition) is 8. The van der Waals surface area contributed by atoms with E-state index in [9.17, 15) is 0 Å². The average Bonchev–Trinajstić information content (AvgIpc) is 1.12. The maximum Gasteiger partial charge on any atom is 3.00 e. The second kappa shape index (κ2) is 12.2. The normalized spacial score (nSPS) is 9.08. The first kappa shape index (κ1) is 29.4. The van der Waals surface area contributed by atoms with E-state index in [2.05, 4.69) is 0 Å². The largest absolute Gasteiger partial charge is 3.00 e. The van der Waals surface area contributed by atoms with Crippen molar-refractivity contribution < 1.29 is 74.4 Å². The predicted octanol–water partition coefficient (Wildman–Crippen LogP) is -9.03. The van der Waals surface area contributed by atoms with Crippen LogP contribution in [-0.2, 0) is 26.2 Å². The van der Waals surface area contributed by atoms with E-state index in [4.69, 9.17) is 38.5 Å². The summed E-state index contributed by atoms with van der Waals surface area (Å²) in [6.45, 7) is 0. The molecule has 0 heterocycles. The predicted molar refractivity (Wildman–Crippen MR) is 21.0 cm³/mol. The van der Waals surface area contributed by atoms with E-state index in [1.54, 1.807) is 0 Å². The Bertz CT molecular complexity index is 134. The summed E-state index contributed by atoms with van der Waals surface area (Å²) in [6.07, 6.45) is 0. The molecule has 0 atom stereocenters. The third-order valence-corrected chi connectivity index (χ3v) is 0. The van der Waals surface area contributed by atoms with Crippen LogP contribution < -0.4 is 48.2 Å². The zero-order valence-corrected chi connectivity index (χ0v) is 10.5. The van der Waals surface area contributed by atoms with Gasteiger partial charge in [0.25, 0.3) is 0 Å². The van der Waals surface area contributed by atoms with Gasteiger partial charge < -0.3 is 38.5 Å². The summed E-state index contributed by atoms with van der Waals surface area (Å²) < 4.78 is 17.1. The first-order chi connectivity index (χ1) is 4.00. The van der Waals surface area contributed by atoms with Gasteiger partial charge in [0, 0.05) is 0 Å². The fraction of sp³-hybridized carbons (Fsp3) is 0. The molecule has 0 N–H and O–H groups in total. The molecule has 0 amide bonds. The van der Waals surface area contributed by atoms with Gasteiger partial charge in [-0.2, -0.15) is 15.6 Å². The number of rotatable bonds is 0. The Balaban J connectivity index is -0.0000000267. The van der Waals surface area contributed by atoms with E-state index in [0.717, 1.165) is 0 Å². The first-order valence-corrected chi connectivity index (χ1v) is 4.38. The van der Waals surface area contributed by atoms with Gasteiger partial charge in [-0.25, -0.2) is 0 Å². The van der Waals surface area contributed by atoms with Crippen LogP contribution in [0.4, 0.5) is 0 Å². The molecule has 0 fully saturated rings. The molecule has 69 valence electrons. The minimum Gasteiger partial charge on any atom is -0.822 e. The van der Waals surface area contributed by atoms with E-state index >= 15 is 0 Å². The summed E-state index contributed by atoms with van der Waals surface area (Å²) in [6, 6.07) is 0. The summed E-state index contributed by atoms with van der Waals surface area (Å²) in [7, 11) is -10.8. The van der Waals surface area contributed by atoms with E-state index in [0.29, 0.717) is 0 Å². The van der Waals surface area contributed by atoms with Gasteiger partial charge in [-0.1, -0.05) is 0 Å². The SMILES string of the molecule is O=P([O-])([O-])[O-].O=P([O-])([O-])[O-].[Fe+3].[Li+].[Mg+2]. The van der Waals surface area contributed by atoms with Gasteiger partial charge >= 0.3 is 59.0 Å². The van der Waals surface area contributed by atoms with E-state index in [-0.39, 0.29) is 59.0 Å². The van der Waals surface area contributed by atoms with Gasteiger partial charge in [0.05, 0.1) is 0 Å². The zero-order chi connectivity index (χ0) is 9.00. The standard InChI is InChI=1S/Fe.Li.Mg.2H3O4P/c;;;2*1-5(2,3)4/h;;;2*(H3,1,2,3,4)/q+3;+1;+2;;/p-6. The Morgan fingerprint density at radius 1 is 0.692 bits per heavy atom. The van der Waals surface area contributed by atoms with Crippen LogP contribution in [0.5, 0.6) is 0 Å². The molecule has 0 aromatic carbocycles. The molecule has 0 bridgehead atoms. The first-order valence-electron chi connectivity index (χ1n) is 1.46. The van der Waals surface area contributed by atoms with Crippen LogP contribution in [0.1, 0.15) is 0 Å². The van der Waals surface area contributed by atoms with Crippen LogP contribution in [0.3, 0.4) is 0 Å². The van der Waals surface area contributed by atoms with Crippen molar-refractivity contribution in [1.29, 1.82) is 0 Å². The summed E-state index contributed by atoms with van der Waals surface area (Å²) in [5, 5.41) is 0. The van der Waals surface area contributed by atoms with Gasteiger partial charge in [0.2, 0.25) is 0 Å². The molecule has 0 rings (SSSR count). The van der Waals surface area contributed by atoms with Crippen molar-refractivity contribution in [3.8, 4) is 0 Å². The topological polar surface area (TPSA) is 172 Å². The molecule has 8 nitrogen and oxygen atoms in total. The van der Waals surface area contributed by atoms with Crippen molar-refractivity contribution in [2.75, 3.05) is 0 Å². The Kier molecular flexibility index (Phi) is 27.6. The number of hydrogen-bond donors (Lipinski definition) is 0. The average molecular weight is 277 g/mol. The fourth-order valence-corrected chi connectivity index (χ4v) is 0. The van der Waals surface area contributed by atoms with Crippen molar-refractivity contribution in [2.24, 2.45) is 0 Å². The van der Waals surface area contributed by atoms with Crippen molar-refractivity contribution in [1.82, 2.24) is 0 Å². The van der Waals surface area contributed by atoms with Gasteiger partial charge in [-0.3, -0.25) is 0 Å². The molecule has 0 aliphatic rings. The van der Waals surface area contributed by atoms with Crippen molar-refractivity contribution in [3.63, 3.8) is 0 Å². The van der Waals surface area contributed by atoms with Crippen molar-refractivity contribution >= 4 is 38.7 Å². The fourth-order valence-electron chi connectivity index (χ4n) is 0. The van der Waals surface area contributed by atoms with Crippen molar-refractivity contribution in [3.05, 3.63) is 0 Å². The minimum atomic E-state index is -5.39. The Hall–Kier alpha value is 2.10. The second-order valence-electron chi connectivity index (χ2n) is 0.894. The van der Waals surface area contributed by atoms with Crippen LogP contribution in [-0.4, -0.2) is 23.1 Å². The number of phosphoric acid groups is 2. The molecule has 0 spiro atoms. The summed E-state index contributed by atoms with van der Waals surface area (Å²) in [5.41, 5.74) is 0. The quantitative estimate of drug-likeness (QED) is 0.310. The Morgan fingerprint density at radius 2 is 0.692 bits per heavy atom. The molecular formula is FeLiMgO8P2. The van der Waals surface area contributed by atoms with Crippen LogP contribution in [0.15, 0.2) is 0 Å². The third kappa shape index (κ3) is 467. The van der Waals surface area contributed by atoms with Gasteiger partial charge in [-0.05, 0) is 0 Å². The van der Waals surface area contributed by atoms with E-state index < -0.39 is 15.6 Å². The Morgan fingerprint density at radius 3 is 0.692 bits per heavy atom. The molecule has 0 saturated carbocycles. The molecule has 0 unspecified atom stereocenters. The maximum atomic E-state index is 8.55. The monoisotopic (exact) mass is 277 g/mol. The molecule has 0 aliphatic carbocycles. The molecule has 0 saturated heterocycles. The van der Waals surface area contributed by atoms with E-state index in [1.807, 2.05) is 0 Å². The zero-order valence-electron chi connectivity index (χ0n) is 6.22. The molecule has 0 aliphatic heterocycles. The summed E-state index contributed by atoms with van der Waals surface area (Å²) in [4.78, 5) is 51.3. The van der Waals surface area contributed by atoms with Crippen molar-refractivity contribution in [2.45, 2.75) is 0 Å². The molecule has 0 aromatic rings. The maximum absolute atomic E-state index is 8.55. The van der Waals surface area contributed by atoms with Crippen LogP contribution >= 0.6 is 15.6 Å². The van der Waals surface area contributed by atoms with Gasteiger partial charge in [0.15, 0.2) is 0 Å². The summed E-state index contributed by atoms with van der Waals surface area (Å²) in [5.74, 6) is 0. The van der Waals surface area contributed by atoms with Gasteiger partial charge in [-0.15, -0.1) is 0 Å². The molecule has 0 aromatic heterocycles.